The number of aryl methyl sites for hydroxylation is 1. The Hall–Kier alpha value is -3.28. The summed E-state index contributed by atoms with van der Waals surface area (Å²) in [5.41, 5.74) is 6.98. The summed E-state index contributed by atoms with van der Waals surface area (Å²) < 4.78 is 8.50. The first-order chi connectivity index (χ1) is 14.5. The Morgan fingerprint density at radius 2 is 1.90 bits per heavy atom. The molecule has 2 aliphatic heterocycles. The predicted molar refractivity (Wildman–Crippen MR) is 114 cm³/mol. The third-order valence-electron chi connectivity index (χ3n) is 6.52. The van der Waals surface area contributed by atoms with E-state index in [1.807, 2.05) is 43.3 Å². The lowest BCUT2D eigenvalue weighted by atomic mass is 9.73. The molecule has 1 aromatic heterocycles. The number of hydrogen-bond acceptors (Lipinski definition) is 3. The molecular weight excluding hydrogens is 378 g/mol. The number of aromatic nitrogens is 1. The fraction of sp³-hybridized carbons (Fsp3) is 0.333. The Kier molecular flexibility index (Phi) is 4.31. The van der Waals surface area contributed by atoms with E-state index < -0.39 is 17.6 Å². The molecule has 1 fully saturated rings. The van der Waals surface area contributed by atoms with Crippen LogP contribution in [0.4, 0.5) is 0 Å². The lowest BCUT2D eigenvalue weighted by molar-refractivity contribution is -0.175. The van der Waals surface area contributed by atoms with Crippen molar-refractivity contribution < 1.29 is 14.3 Å². The summed E-state index contributed by atoms with van der Waals surface area (Å²) in [5.74, 6) is -1.15. The fourth-order valence-corrected chi connectivity index (χ4v) is 5.11. The molecule has 3 heterocycles. The van der Waals surface area contributed by atoms with Crippen LogP contribution in [-0.4, -0.2) is 33.6 Å². The molecule has 0 aliphatic carbocycles. The molecule has 3 aromatic rings. The minimum atomic E-state index is -0.851. The van der Waals surface area contributed by atoms with E-state index in [0.29, 0.717) is 13.0 Å². The normalized spacial score (nSPS) is 25.1. The van der Waals surface area contributed by atoms with Crippen LogP contribution in [0.25, 0.3) is 10.9 Å². The van der Waals surface area contributed by atoms with Crippen LogP contribution in [0.3, 0.4) is 0 Å². The Bertz CT molecular complexity index is 1140. The highest BCUT2D eigenvalue weighted by molar-refractivity contribution is 6.01. The van der Waals surface area contributed by atoms with Crippen LogP contribution in [0.2, 0.25) is 0 Å². The van der Waals surface area contributed by atoms with Gasteiger partial charge in [0.1, 0.15) is 11.7 Å². The van der Waals surface area contributed by atoms with Crippen LogP contribution in [0.1, 0.15) is 31.2 Å². The number of likely N-dealkylation sites (tertiary alicyclic amines) is 1. The first-order valence-corrected chi connectivity index (χ1v) is 10.4. The number of nitrogens with two attached hydrogens (primary N) is 1. The summed E-state index contributed by atoms with van der Waals surface area (Å²) in [6, 6.07) is 18.0. The number of carbonyl (C=O) groups excluding carboxylic acids is 2. The summed E-state index contributed by atoms with van der Waals surface area (Å²) in [7, 11) is 0. The minimum absolute atomic E-state index is 0.229. The maximum atomic E-state index is 13.3. The zero-order chi connectivity index (χ0) is 20.9. The Labute approximate surface area is 175 Å². The number of primary amides is 1. The van der Waals surface area contributed by atoms with Crippen molar-refractivity contribution in [3.63, 3.8) is 0 Å². The maximum absolute atomic E-state index is 13.3. The minimum Gasteiger partial charge on any atom is -0.468 e. The van der Waals surface area contributed by atoms with Gasteiger partial charge < -0.3 is 19.9 Å². The van der Waals surface area contributed by atoms with Gasteiger partial charge in [-0.25, -0.2) is 0 Å². The molecular formula is C24H25N3O3. The van der Waals surface area contributed by atoms with Crippen LogP contribution >= 0.6 is 0 Å². The number of nitrogens with zero attached hydrogens (tertiary/aromatic N) is 2. The topological polar surface area (TPSA) is 77.6 Å². The number of amides is 2. The quantitative estimate of drug-likeness (QED) is 0.664. The van der Waals surface area contributed by atoms with Gasteiger partial charge in [0.25, 0.3) is 0 Å². The maximum Gasteiger partial charge on any atom is 0.238 e. The van der Waals surface area contributed by atoms with E-state index >= 15 is 0 Å². The second-order valence-electron chi connectivity index (χ2n) is 8.42. The van der Waals surface area contributed by atoms with Crippen molar-refractivity contribution in [3.05, 3.63) is 66.4 Å². The fourth-order valence-electron chi connectivity index (χ4n) is 5.11. The van der Waals surface area contributed by atoms with E-state index in [4.69, 9.17) is 10.5 Å². The van der Waals surface area contributed by atoms with Crippen molar-refractivity contribution >= 4 is 22.7 Å². The van der Waals surface area contributed by atoms with Gasteiger partial charge in [0.15, 0.2) is 5.72 Å². The molecule has 0 unspecified atom stereocenters. The lowest BCUT2D eigenvalue weighted by Gasteiger charge is -2.52. The molecule has 3 atom stereocenters. The highest BCUT2D eigenvalue weighted by Crippen LogP contribution is 2.49. The molecule has 2 aromatic carbocycles. The van der Waals surface area contributed by atoms with Crippen molar-refractivity contribution in [3.8, 4) is 5.75 Å². The van der Waals surface area contributed by atoms with Crippen LogP contribution in [0, 0.1) is 5.92 Å². The first kappa shape index (κ1) is 18.7. The summed E-state index contributed by atoms with van der Waals surface area (Å²) in [6.07, 6.45) is 3.39. The van der Waals surface area contributed by atoms with Crippen molar-refractivity contribution in [1.82, 2.24) is 9.47 Å². The molecule has 30 heavy (non-hydrogen) atoms. The van der Waals surface area contributed by atoms with Crippen LogP contribution in [0.5, 0.6) is 5.75 Å². The lowest BCUT2D eigenvalue weighted by Crippen LogP contribution is -2.64. The zero-order valence-electron chi connectivity index (χ0n) is 17.0. The predicted octanol–water partition coefficient (Wildman–Crippen LogP) is 3.26. The van der Waals surface area contributed by atoms with Crippen molar-refractivity contribution in [1.29, 1.82) is 0 Å². The summed E-state index contributed by atoms with van der Waals surface area (Å²) in [5, 5.41) is 1.20. The van der Waals surface area contributed by atoms with Gasteiger partial charge in [0, 0.05) is 37.1 Å². The van der Waals surface area contributed by atoms with E-state index in [1.54, 1.807) is 4.90 Å². The molecule has 5 rings (SSSR count). The third kappa shape index (κ3) is 2.86. The highest BCUT2D eigenvalue weighted by Gasteiger charge is 2.55. The van der Waals surface area contributed by atoms with Gasteiger partial charge >= 0.3 is 0 Å². The smallest absolute Gasteiger partial charge is 0.238 e. The zero-order valence-corrected chi connectivity index (χ0v) is 17.0. The Morgan fingerprint density at radius 3 is 2.73 bits per heavy atom. The SMILES string of the molecule is C[C@@]12C[C@@H](c3ccccc3O1)[C@H](C(N)=O)C(=O)N2CCCn1ccc2ccccc21. The van der Waals surface area contributed by atoms with E-state index in [0.717, 1.165) is 24.3 Å². The van der Waals surface area contributed by atoms with Crippen molar-refractivity contribution in [2.24, 2.45) is 11.7 Å². The Morgan fingerprint density at radius 1 is 1.13 bits per heavy atom. The molecule has 2 bridgehead atoms. The molecule has 2 N–H and O–H groups in total. The summed E-state index contributed by atoms with van der Waals surface area (Å²) in [6.45, 7) is 3.21. The van der Waals surface area contributed by atoms with Crippen LogP contribution in [0.15, 0.2) is 60.8 Å². The number of carbonyl (C=O) groups is 2. The van der Waals surface area contributed by atoms with Crippen LogP contribution in [-0.2, 0) is 16.1 Å². The number of piperidine rings is 1. The van der Waals surface area contributed by atoms with Gasteiger partial charge in [-0.1, -0.05) is 36.4 Å². The second kappa shape index (κ2) is 6.90. The standard InChI is InChI=1S/C24H25N3O3/c1-24-15-18(17-8-3-5-10-20(17)30-24)21(22(25)28)23(29)27(24)13-6-12-26-14-11-16-7-2-4-9-19(16)26/h2-5,7-11,14,18,21H,6,12-13,15H2,1H3,(H2,25,28)/t18-,21+,24-/m0/s1. The average molecular weight is 403 g/mol. The van der Waals surface area contributed by atoms with E-state index in [2.05, 4.69) is 29.0 Å². The number of benzene rings is 2. The van der Waals surface area contributed by atoms with Crippen molar-refractivity contribution in [2.45, 2.75) is 38.0 Å². The molecule has 0 saturated carbocycles. The number of hydrogen-bond donors (Lipinski definition) is 1. The molecule has 0 radical (unpaired) electrons. The second-order valence-corrected chi connectivity index (χ2v) is 8.42. The van der Waals surface area contributed by atoms with E-state index in [9.17, 15) is 9.59 Å². The number of para-hydroxylation sites is 2. The molecule has 0 spiro atoms. The Balaban J connectivity index is 1.40. The monoisotopic (exact) mass is 403 g/mol. The van der Waals surface area contributed by atoms with Gasteiger partial charge in [0.2, 0.25) is 11.8 Å². The van der Waals surface area contributed by atoms with Gasteiger partial charge in [-0.2, -0.15) is 0 Å². The number of rotatable bonds is 5. The molecule has 6 heteroatoms. The summed E-state index contributed by atoms with van der Waals surface area (Å²) >= 11 is 0. The van der Waals surface area contributed by atoms with Gasteiger partial charge in [-0.3, -0.25) is 9.59 Å². The number of ether oxygens (including phenoxy) is 1. The van der Waals surface area contributed by atoms with Crippen LogP contribution < -0.4 is 10.5 Å². The molecule has 6 nitrogen and oxygen atoms in total. The summed E-state index contributed by atoms with van der Waals surface area (Å²) in [4.78, 5) is 27.3. The van der Waals surface area contributed by atoms with Gasteiger partial charge in [0.05, 0.1) is 0 Å². The molecule has 154 valence electrons. The third-order valence-corrected chi connectivity index (χ3v) is 6.52. The van der Waals surface area contributed by atoms with E-state index in [1.165, 1.54) is 10.9 Å². The largest absolute Gasteiger partial charge is 0.468 e. The first-order valence-electron chi connectivity index (χ1n) is 10.4. The molecule has 1 saturated heterocycles. The highest BCUT2D eigenvalue weighted by atomic mass is 16.5. The van der Waals surface area contributed by atoms with Gasteiger partial charge in [-0.05, 0) is 42.5 Å². The van der Waals surface area contributed by atoms with Crippen molar-refractivity contribution in [2.75, 3.05) is 6.54 Å². The van der Waals surface area contributed by atoms with E-state index in [-0.39, 0.29) is 11.8 Å². The molecule has 2 aliphatic rings. The van der Waals surface area contributed by atoms with Gasteiger partial charge in [-0.15, -0.1) is 0 Å². The number of fused-ring (bicyclic) bond motifs is 5. The average Bonchev–Trinajstić information content (AvgIpc) is 3.13. The molecule has 2 amide bonds.